The number of sulfonamides is 2. The van der Waals surface area contributed by atoms with Crippen LogP contribution in [0.3, 0.4) is 0 Å². The lowest BCUT2D eigenvalue weighted by molar-refractivity contribution is -0.0468. The van der Waals surface area contributed by atoms with E-state index in [1.165, 1.54) is 12.3 Å². The van der Waals surface area contributed by atoms with Crippen LogP contribution >= 0.6 is 0 Å². The average molecular weight is 493 g/mol. The van der Waals surface area contributed by atoms with Crippen LogP contribution in [0.1, 0.15) is 31.7 Å². The van der Waals surface area contributed by atoms with Crippen molar-refractivity contribution in [2.75, 3.05) is 31.1 Å². The Hall–Kier alpha value is -2.05. The minimum Gasteiger partial charge on any atom is -0.367 e. The van der Waals surface area contributed by atoms with Crippen molar-refractivity contribution in [3.05, 3.63) is 54.2 Å². The standard InChI is InChI=1S/C22H28N4O5S2/c1-21(17-5-3-2-4-6-17)16-26(11-12-31-21)20-8-7-19(15-23-20)32(27,28)24-14-18-13-22(9-10-22)33(29,30)25-18/h2-8,15,18,24-25H,9-14,16H2,1H3. The molecular weight excluding hydrogens is 464 g/mol. The number of benzene rings is 1. The summed E-state index contributed by atoms with van der Waals surface area (Å²) in [6, 6.07) is 12.8. The van der Waals surface area contributed by atoms with E-state index in [9.17, 15) is 16.8 Å². The zero-order valence-electron chi connectivity index (χ0n) is 18.4. The van der Waals surface area contributed by atoms with E-state index >= 15 is 0 Å². The fraction of sp³-hybridized carbons (Fsp3) is 0.500. The summed E-state index contributed by atoms with van der Waals surface area (Å²) in [7, 11) is -7.16. The second kappa shape index (κ2) is 8.02. The van der Waals surface area contributed by atoms with Gasteiger partial charge in [0.2, 0.25) is 20.0 Å². The highest BCUT2D eigenvalue weighted by atomic mass is 32.2. The minimum absolute atomic E-state index is 0.0178. The van der Waals surface area contributed by atoms with Gasteiger partial charge in [-0.3, -0.25) is 0 Å². The second-order valence-corrected chi connectivity index (χ2v) is 13.2. The number of morpholine rings is 1. The maximum atomic E-state index is 12.7. The van der Waals surface area contributed by atoms with Crippen molar-refractivity contribution < 1.29 is 21.6 Å². The number of rotatable bonds is 6. The molecule has 1 aromatic carbocycles. The maximum absolute atomic E-state index is 12.7. The molecular formula is C22H28N4O5S2. The number of anilines is 1. The molecule has 3 fully saturated rings. The van der Waals surface area contributed by atoms with E-state index in [0.717, 1.165) is 5.56 Å². The number of hydrogen-bond donors (Lipinski definition) is 2. The minimum atomic E-state index is -3.81. The van der Waals surface area contributed by atoms with E-state index in [2.05, 4.69) is 19.3 Å². The first kappa shape index (κ1) is 22.7. The molecule has 11 heteroatoms. The molecule has 2 atom stereocenters. The van der Waals surface area contributed by atoms with Crippen molar-refractivity contribution in [3.63, 3.8) is 0 Å². The van der Waals surface area contributed by atoms with Gasteiger partial charge >= 0.3 is 0 Å². The van der Waals surface area contributed by atoms with Crippen molar-refractivity contribution in [1.82, 2.24) is 14.4 Å². The summed E-state index contributed by atoms with van der Waals surface area (Å²) >= 11 is 0. The molecule has 3 aliphatic rings. The molecule has 178 valence electrons. The Morgan fingerprint density at radius 2 is 1.97 bits per heavy atom. The third kappa shape index (κ3) is 4.28. The van der Waals surface area contributed by atoms with Gasteiger partial charge < -0.3 is 9.64 Å². The number of nitrogens with zero attached hydrogens (tertiary/aromatic N) is 2. The summed E-state index contributed by atoms with van der Waals surface area (Å²) in [5, 5.41) is 0. The van der Waals surface area contributed by atoms with E-state index in [1.807, 2.05) is 37.3 Å². The first-order valence-electron chi connectivity index (χ1n) is 11.0. The summed E-state index contributed by atoms with van der Waals surface area (Å²) in [5.41, 5.74) is 0.592. The number of ether oxygens (including phenoxy) is 1. The van der Waals surface area contributed by atoms with Crippen LogP contribution in [0.15, 0.2) is 53.6 Å². The van der Waals surface area contributed by atoms with Crippen molar-refractivity contribution in [2.24, 2.45) is 0 Å². The van der Waals surface area contributed by atoms with Gasteiger partial charge in [-0.2, -0.15) is 0 Å². The maximum Gasteiger partial charge on any atom is 0.242 e. The van der Waals surface area contributed by atoms with E-state index in [4.69, 9.17) is 4.74 Å². The third-order valence-electron chi connectivity index (χ3n) is 6.85. The highest BCUT2D eigenvalue weighted by Gasteiger charge is 2.60. The molecule has 0 radical (unpaired) electrons. The number of aromatic nitrogens is 1. The quantitative estimate of drug-likeness (QED) is 0.625. The summed E-state index contributed by atoms with van der Waals surface area (Å²) in [5.74, 6) is 0.679. The first-order valence-corrected chi connectivity index (χ1v) is 14.0. The van der Waals surface area contributed by atoms with Crippen molar-refractivity contribution >= 4 is 25.9 Å². The second-order valence-electron chi connectivity index (χ2n) is 9.28. The van der Waals surface area contributed by atoms with E-state index < -0.39 is 36.4 Å². The van der Waals surface area contributed by atoms with Gasteiger partial charge in [-0.1, -0.05) is 30.3 Å². The Labute approximate surface area is 194 Å². The van der Waals surface area contributed by atoms with Gasteiger partial charge in [0.05, 0.1) is 17.9 Å². The lowest BCUT2D eigenvalue weighted by atomic mass is 9.94. The molecule has 1 aromatic heterocycles. The predicted octanol–water partition coefficient (Wildman–Crippen LogP) is 1.34. The first-order chi connectivity index (χ1) is 15.6. The molecule has 5 rings (SSSR count). The monoisotopic (exact) mass is 492 g/mol. The SMILES string of the molecule is CC1(c2ccccc2)CN(c2ccc(S(=O)(=O)NCC3CC4(CC4)S(=O)(=O)N3)cn2)CCO1. The summed E-state index contributed by atoms with van der Waals surface area (Å²) in [4.78, 5) is 6.54. The zero-order chi connectivity index (χ0) is 23.3. The Bertz CT molecular complexity index is 1230. The van der Waals surface area contributed by atoms with Gasteiger partial charge in [-0.15, -0.1) is 0 Å². The highest BCUT2D eigenvalue weighted by Crippen LogP contribution is 2.50. The average Bonchev–Trinajstić information content (AvgIpc) is 3.54. The van der Waals surface area contributed by atoms with Crippen LogP contribution in [0.25, 0.3) is 0 Å². The smallest absolute Gasteiger partial charge is 0.242 e. The zero-order valence-corrected chi connectivity index (χ0v) is 20.0. The normalized spacial score (nSPS) is 28.2. The Morgan fingerprint density at radius 3 is 2.61 bits per heavy atom. The molecule has 2 unspecified atom stereocenters. The van der Waals surface area contributed by atoms with E-state index in [-0.39, 0.29) is 11.4 Å². The molecule has 2 aliphatic heterocycles. The van der Waals surface area contributed by atoms with Gasteiger partial charge in [0.15, 0.2) is 0 Å². The van der Waals surface area contributed by atoms with Crippen LogP contribution in [0.4, 0.5) is 5.82 Å². The molecule has 9 nitrogen and oxygen atoms in total. The summed E-state index contributed by atoms with van der Waals surface area (Å²) < 4.78 is 60.3. The predicted molar refractivity (Wildman–Crippen MR) is 124 cm³/mol. The highest BCUT2D eigenvalue weighted by molar-refractivity contribution is 7.91. The molecule has 1 saturated carbocycles. The van der Waals surface area contributed by atoms with Crippen molar-refractivity contribution in [2.45, 2.75) is 47.5 Å². The summed E-state index contributed by atoms with van der Waals surface area (Å²) in [6.07, 6.45) is 3.06. The molecule has 2 N–H and O–H groups in total. The molecule has 0 bridgehead atoms. The largest absolute Gasteiger partial charge is 0.367 e. The lowest BCUT2D eigenvalue weighted by Crippen LogP contribution is -2.48. The molecule has 1 spiro atoms. The Morgan fingerprint density at radius 1 is 1.21 bits per heavy atom. The Balaban J connectivity index is 1.24. The fourth-order valence-corrected chi connectivity index (χ4v) is 7.66. The summed E-state index contributed by atoms with van der Waals surface area (Å²) in [6.45, 7) is 3.85. The number of hydrogen-bond acceptors (Lipinski definition) is 7. The van der Waals surface area contributed by atoms with Gasteiger partial charge in [-0.05, 0) is 43.9 Å². The molecule has 1 aliphatic carbocycles. The number of pyridine rings is 1. The lowest BCUT2D eigenvalue weighted by Gasteiger charge is -2.41. The Kier molecular flexibility index (Phi) is 5.52. The van der Waals surface area contributed by atoms with Crippen molar-refractivity contribution in [1.29, 1.82) is 0 Å². The molecule has 2 aromatic rings. The third-order valence-corrected chi connectivity index (χ3v) is 10.6. The van der Waals surface area contributed by atoms with Gasteiger partial charge in [0.1, 0.15) is 16.3 Å². The van der Waals surface area contributed by atoms with Crippen LogP contribution in [0.5, 0.6) is 0 Å². The van der Waals surface area contributed by atoms with Crippen molar-refractivity contribution in [3.8, 4) is 0 Å². The molecule has 33 heavy (non-hydrogen) atoms. The fourth-order valence-electron chi connectivity index (χ4n) is 4.71. The van der Waals surface area contributed by atoms with Crippen LogP contribution in [0.2, 0.25) is 0 Å². The topological polar surface area (TPSA) is 118 Å². The van der Waals surface area contributed by atoms with Gasteiger partial charge in [-0.25, -0.2) is 31.3 Å². The molecule has 2 saturated heterocycles. The van der Waals surface area contributed by atoms with Gasteiger partial charge in [0, 0.05) is 25.3 Å². The van der Waals surface area contributed by atoms with Crippen LogP contribution < -0.4 is 14.3 Å². The van der Waals surface area contributed by atoms with Gasteiger partial charge in [0.25, 0.3) is 0 Å². The van der Waals surface area contributed by atoms with Crippen LogP contribution in [-0.4, -0.2) is 58.8 Å². The molecule has 0 amide bonds. The van der Waals surface area contributed by atoms with Crippen LogP contribution in [0, 0.1) is 0 Å². The molecule has 3 heterocycles. The van der Waals surface area contributed by atoms with E-state index in [1.54, 1.807) is 6.07 Å². The van der Waals surface area contributed by atoms with Crippen LogP contribution in [-0.2, 0) is 30.4 Å². The number of nitrogens with one attached hydrogen (secondary N) is 2. The van der Waals surface area contributed by atoms with E-state index in [0.29, 0.717) is 44.8 Å².